The van der Waals surface area contributed by atoms with Crippen LogP contribution >= 0.6 is 0 Å². The molecule has 0 aromatic rings. The van der Waals surface area contributed by atoms with Gasteiger partial charge in [0, 0.05) is 12.0 Å². The lowest BCUT2D eigenvalue weighted by molar-refractivity contribution is 0.104. The number of rotatable bonds is 8. The average molecular weight is 313 g/mol. The lowest BCUT2D eigenvalue weighted by atomic mass is 9.94. The standard InChI is InChI=1S/C18H36O2Si/c1-10-13(3)12-16-17(19-16)14(4)15(11-2)20-21(8,9)18(5,6)7/h10,13-17H,1,11-12H2,2-9H3/t13-,14-,15-,16-,17-/m1/s1. The van der Waals surface area contributed by atoms with Crippen LogP contribution in [0.25, 0.3) is 0 Å². The van der Waals surface area contributed by atoms with E-state index in [4.69, 9.17) is 9.16 Å². The summed E-state index contributed by atoms with van der Waals surface area (Å²) in [5.74, 6) is 1.01. The van der Waals surface area contributed by atoms with Crippen LogP contribution in [0.4, 0.5) is 0 Å². The Bertz CT molecular complexity index is 346. The summed E-state index contributed by atoms with van der Waals surface area (Å²) < 4.78 is 12.6. The number of allylic oxidation sites excluding steroid dienone is 1. The van der Waals surface area contributed by atoms with Crippen molar-refractivity contribution in [2.45, 2.75) is 90.8 Å². The lowest BCUT2D eigenvalue weighted by Crippen LogP contribution is -2.46. The van der Waals surface area contributed by atoms with Crippen LogP contribution in [0.15, 0.2) is 12.7 Å². The third-order valence-corrected chi connectivity index (χ3v) is 9.89. The van der Waals surface area contributed by atoms with Gasteiger partial charge in [0.05, 0.1) is 12.2 Å². The Morgan fingerprint density at radius 1 is 1.29 bits per heavy atom. The maximum atomic E-state index is 6.63. The maximum Gasteiger partial charge on any atom is 0.192 e. The molecule has 0 aromatic heterocycles. The van der Waals surface area contributed by atoms with Crippen molar-refractivity contribution in [2.75, 3.05) is 0 Å². The van der Waals surface area contributed by atoms with Crippen molar-refractivity contribution in [1.82, 2.24) is 0 Å². The van der Waals surface area contributed by atoms with Crippen molar-refractivity contribution in [2.24, 2.45) is 11.8 Å². The molecule has 0 saturated carbocycles. The first kappa shape index (κ1) is 18.9. The summed E-state index contributed by atoms with van der Waals surface area (Å²) in [6.07, 6.45) is 5.28. The molecular weight excluding hydrogens is 276 g/mol. The quantitative estimate of drug-likeness (QED) is 0.340. The molecule has 1 aliphatic heterocycles. The monoisotopic (exact) mass is 312 g/mol. The van der Waals surface area contributed by atoms with Crippen molar-refractivity contribution < 1.29 is 9.16 Å². The molecule has 0 amide bonds. The minimum Gasteiger partial charge on any atom is -0.414 e. The summed E-state index contributed by atoms with van der Waals surface area (Å²) >= 11 is 0. The molecule has 1 saturated heterocycles. The fourth-order valence-corrected chi connectivity index (χ4v) is 4.09. The van der Waals surface area contributed by atoms with Crippen molar-refractivity contribution in [3.63, 3.8) is 0 Å². The van der Waals surface area contributed by atoms with Crippen LogP contribution in [0.1, 0.15) is 54.4 Å². The molecule has 124 valence electrons. The highest BCUT2D eigenvalue weighted by molar-refractivity contribution is 6.74. The van der Waals surface area contributed by atoms with E-state index < -0.39 is 8.32 Å². The molecule has 1 rings (SSSR count). The number of hydrogen-bond acceptors (Lipinski definition) is 2. The predicted octanol–water partition coefficient (Wildman–Crippen LogP) is 5.40. The summed E-state index contributed by atoms with van der Waals surface area (Å²) in [5.41, 5.74) is 0. The summed E-state index contributed by atoms with van der Waals surface area (Å²) in [4.78, 5) is 0. The highest BCUT2D eigenvalue weighted by Gasteiger charge is 2.47. The van der Waals surface area contributed by atoms with Crippen molar-refractivity contribution in [3.8, 4) is 0 Å². The molecule has 0 unspecified atom stereocenters. The van der Waals surface area contributed by atoms with Crippen LogP contribution in [0.2, 0.25) is 18.1 Å². The van der Waals surface area contributed by atoms with Gasteiger partial charge in [0.2, 0.25) is 0 Å². The van der Waals surface area contributed by atoms with E-state index in [1.807, 2.05) is 6.08 Å². The molecule has 0 aromatic carbocycles. The Morgan fingerprint density at radius 2 is 1.86 bits per heavy atom. The van der Waals surface area contributed by atoms with Gasteiger partial charge in [-0.3, -0.25) is 0 Å². The Hall–Kier alpha value is -0.123. The first-order chi connectivity index (χ1) is 9.53. The summed E-state index contributed by atoms with van der Waals surface area (Å²) in [5, 5.41) is 0.265. The van der Waals surface area contributed by atoms with E-state index in [9.17, 15) is 0 Å². The molecule has 1 aliphatic rings. The van der Waals surface area contributed by atoms with E-state index in [0.29, 0.717) is 30.1 Å². The minimum atomic E-state index is -1.70. The third-order valence-electron chi connectivity index (χ3n) is 5.39. The number of ether oxygens (including phenoxy) is 1. The van der Waals surface area contributed by atoms with Crippen LogP contribution in [0.3, 0.4) is 0 Å². The topological polar surface area (TPSA) is 21.8 Å². The fourth-order valence-electron chi connectivity index (χ4n) is 2.60. The molecule has 1 heterocycles. The Labute approximate surface area is 133 Å². The van der Waals surface area contributed by atoms with Gasteiger partial charge < -0.3 is 9.16 Å². The van der Waals surface area contributed by atoms with Crippen molar-refractivity contribution in [1.29, 1.82) is 0 Å². The van der Waals surface area contributed by atoms with Gasteiger partial charge in [-0.15, -0.1) is 6.58 Å². The van der Waals surface area contributed by atoms with Gasteiger partial charge >= 0.3 is 0 Å². The summed E-state index contributed by atoms with van der Waals surface area (Å²) in [7, 11) is -1.70. The van der Waals surface area contributed by atoms with Crippen molar-refractivity contribution >= 4 is 8.32 Å². The van der Waals surface area contributed by atoms with Gasteiger partial charge in [-0.05, 0) is 36.9 Å². The third kappa shape index (κ3) is 4.94. The van der Waals surface area contributed by atoms with E-state index in [-0.39, 0.29) is 5.04 Å². The highest BCUT2D eigenvalue weighted by Crippen LogP contribution is 2.42. The first-order valence-electron chi connectivity index (χ1n) is 8.49. The second-order valence-corrected chi connectivity index (χ2v) is 13.0. The number of epoxide rings is 1. The zero-order chi connectivity index (χ0) is 16.4. The largest absolute Gasteiger partial charge is 0.414 e. The second kappa shape index (κ2) is 6.97. The molecule has 3 heteroatoms. The van der Waals surface area contributed by atoms with Crippen LogP contribution < -0.4 is 0 Å². The second-order valence-electron chi connectivity index (χ2n) is 8.27. The molecule has 21 heavy (non-hydrogen) atoms. The van der Waals surface area contributed by atoms with Crippen LogP contribution in [0, 0.1) is 11.8 Å². The van der Waals surface area contributed by atoms with E-state index >= 15 is 0 Å². The van der Waals surface area contributed by atoms with Crippen LogP contribution in [0.5, 0.6) is 0 Å². The Morgan fingerprint density at radius 3 is 2.29 bits per heavy atom. The van der Waals surface area contributed by atoms with Crippen molar-refractivity contribution in [3.05, 3.63) is 12.7 Å². The molecular formula is C18H36O2Si. The zero-order valence-electron chi connectivity index (χ0n) is 15.4. The van der Waals surface area contributed by atoms with E-state index in [0.717, 1.165) is 12.8 Å². The average Bonchev–Trinajstić information content (AvgIpc) is 3.12. The summed E-state index contributed by atoms with van der Waals surface area (Å²) in [6, 6.07) is 0. The lowest BCUT2D eigenvalue weighted by Gasteiger charge is -2.40. The van der Waals surface area contributed by atoms with Gasteiger partial charge in [-0.25, -0.2) is 0 Å². The first-order valence-corrected chi connectivity index (χ1v) is 11.4. The van der Waals surface area contributed by atoms with Crippen LogP contribution in [-0.4, -0.2) is 26.6 Å². The van der Waals surface area contributed by atoms with Crippen LogP contribution in [-0.2, 0) is 9.16 Å². The molecule has 0 aliphatic carbocycles. The Kier molecular flexibility index (Phi) is 6.28. The molecule has 2 nitrogen and oxygen atoms in total. The van der Waals surface area contributed by atoms with E-state index in [1.54, 1.807) is 0 Å². The Balaban J connectivity index is 2.60. The highest BCUT2D eigenvalue weighted by atomic mass is 28.4. The minimum absolute atomic E-state index is 0.265. The smallest absolute Gasteiger partial charge is 0.192 e. The molecule has 5 atom stereocenters. The summed E-state index contributed by atoms with van der Waals surface area (Å²) in [6.45, 7) is 22.2. The molecule has 0 N–H and O–H groups in total. The number of hydrogen-bond donors (Lipinski definition) is 0. The normalized spacial score (nSPS) is 27.0. The molecule has 0 radical (unpaired) electrons. The maximum absolute atomic E-state index is 6.63. The van der Waals surface area contributed by atoms with Gasteiger partial charge in [0.1, 0.15) is 0 Å². The molecule has 0 bridgehead atoms. The zero-order valence-corrected chi connectivity index (χ0v) is 16.4. The van der Waals surface area contributed by atoms with Gasteiger partial charge in [0.25, 0.3) is 0 Å². The predicted molar refractivity (Wildman–Crippen MR) is 94.2 cm³/mol. The molecule has 1 fully saturated rings. The van der Waals surface area contributed by atoms with E-state index in [2.05, 4.69) is 61.2 Å². The van der Waals surface area contributed by atoms with E-state index in [1.165, 1.54) is 0 Å². The molecule has 0 spiro atoms. The van der Waals surface area contributed by atoms with Gasteiger partial charge in [-0.1, -0.05) is 47.6 Å². The SMILES string of the molecule is C=C[C@@H](C)C[C@H]1O[C@@H]1[C@H](C)[C@@H](CC)O[Si](C)(C)C(C)(C)C. The van der Waals surface area contributed by atoms with Gasteiger partial charge in [0.15, 0.2) is 8.32 Å². The van der Waals surface area contributed by atoms with Gasteiger partial charge in [-0.2, -0.15) is 0 Å². The fraction of sp³-hybridized carbons (Fsp3) is 0.889.